The van der Waals surface area contributed by atoms with Crippen molar-refractivity contribution in [1.29, 1.82) is 0 Å². The summed E-state index contributed by atoms with van der Waals surface area (Å²) in [6.07, 6.45) is 0. The molecular weight excluding hydrogens is 138 g/mol. The fourth-order valence-electron chi connectivity index (χ4n) is 1.22. The number of nitrogens with zero attached hydrogens (tertiary/aromatic N) is 1. The van der Waals surface area contributed by atoms with Crippen molar-refractivity contribution in [3.8, 4) is 0 Å². The molecule has 1 aliphatic rings. The van der Waals surface area contributed by atoms with E-state index in [2.05, 4.69) is 4.99 Å². The van der Waals surface area contributed by atoms with Crippen molar-refractivity contribution in [2.24, 2.45) is 16.5 Å². The molecule has 1 aliphatic heterocycles. The third kappa shape index (κ3) is 0.816. The molecule has 0 saturated carbocycles. The zero-order chi connectivity index (χ0) is 7.84. The SMILES string of the molecule is NC1=Nc2ccccc2C1N. The second-order valence-corrected chi connectivity index (χ2v) is 2.57. The molecule has 56 valence electrons. The maximum Gasteiger partial charge on any atom is 0.121 e. The standard InChI is InChI=1S/C8H9N3/c9-7-5-3-1-2-4-6(5)11-8(7)10/h1-4,7H,9H2,(H2,10,11). The molecule has 1 atom stereocenters. The van der Waals surface area contributed by atoms with E-state index in [4.69, 9.17) is 11.5 Å². The lowest BCUT2D eigenvalue weighted by molar-refractivity contribution is 0.979. The first kappa shape index (κ1) is 6.37. The molecule has 4 N–H and O–H groups in total. The van der Waals surface area contributed by atoms with Crippen LogP contribution in [0.4, 0.5) is 5.69 Å². The van der Waals surface area contributed by atoms with Crippen LogP contribution in [0.15, 0.2) is 29.3 Å². The molecule has 3 nitrogen and oxygen atoms in total. The average Bonchev–Trinajstić information content (AvgIpc) is 2.30. The van der Waals surface area contributed by atoms with Gasteiger partial charge in [-0.05, 0) is 6.07 Å². The van der Waals surface area contributed by atoms with E-state index in [0.717, 1.165) is 11.3 Å². The third-order valence-electron chi connectivity index (χ3n) is 1.84. The van der Waals surface area contributed by atoms with Crippen LogP contribution in [0.25, 0.3) is 0 Å². The lowest BCUT2D eigenvalue weighted by atomic mass is 10.1. The molecule has 0 radical (unpaired) electrons. The fraction of sp³-hybridized carbons (Fsp3) is 0.125. The summed E-state index contributed by atoms with van der Waals surface area (Å²) < 4.78 is 0. The van der Waals surface area contributed by atoms with Gasteiger partial charge in [-0.15, -0.1) is 0 Å². The first-order valence-electron chi connectivity index (χ1n) is 3.47. The molecule has 0 amide bonds. The Balaban J connectivity index is 2.58. The minimum atomic E-state index is -0.203. The normalized spacial score (nSPS) is 21.2. The second-order valence-electron chi connectivity index (χ2n) is 2.57. The summed E-state index contributed by atoms with van der Waals surface area (Å²) in [5, 5.41) is 0. The molecule has 0 aromatic heterocycles. The van der Waals surface area contributed by atoms with Crippen molar-refractivity contribution in [2.45, 2.75) is 6.04 Å². The van der Waals surface area contributed by atoms with Crippen molar-refractivity contribution >= 4 is 11.5 Å². The summed E-state index contributed by atoms with van der Waals surface area (Å²) in [4.78, 5) is 4.10. The highest BCUT2D eigenvalue weighted by atomic mass is 15.0. The van der Waals surface area contributed by atoms with Gasteiger partial charge in [0.25, 0.3) is 0 Å². The van der Waals surface area contributed by atoms with Crippen LogP contribution < -0.4 is 11.5 Å². The van der Waals surface area contributed by atoms with Crippen molar-refractivity contribution in [3.63, 3.8) is 0 Å². The number of amidine groups is 1. The fourth-order valence-corrected chi connectivity index (χ4v) is 1.22. The summed E-state index contributed by atoms with van der Waals surface area (Å²) in [7, 11) is 0. The Morgan fingerprint density at radius 1 is 1.27 bits per heavy atom. The third-order valence-corrected chi connectivity index (χ3v) is 1.84. The number of aliphatic imine (C=N–C) groups is 1. The van der Waals surface area contributed by atoms with Gasteiger partial charge in [-0.3, -0.25) is 0 Å². The number of para-hydroxylation sites is 1. The molecule has 1 heterocycles. The number of rotatable bonds is 0. The van der Waals surface area contributed by atoms with Crippen LogP contribution in [0.2, 0.25) is 0 Å². The van der Waals surface area contributed by atoms with Crippen LogP contribution in [0, 0.1) is 0 Å². The van der Waals surface area contributed by atoms with E-state index in [-0.39, 0.29) is 6.04 Å². The number of hydrogen-bond donors (Lipinski definition) is 2. The van der Waals surface area contributed by atoms with Gasteiger partial charge in [0.2, 0.25) is 0 Å². The number of nitrogens with two attached hydrogens (primary N) is 2. The molecule has 0 fully saturated rings. The first-order chi connectivity index (χ1) is 5.29. The molecular formula is C8H9N3. The Kier molecular flexibility index (Phi) is 1.20. The van der Waals surface area contributed by atoms with Gasteiger partial charge in [0, 0.05) is 5.56 Å². The molecule has 0 aliphatic carbocycles. The predicted molar refractivity (Wildman–Crippen MR) is 44.7 cm³/mol. The number of benzene rings is 1. The van der Waals surface area contributed by atoms with Gasteiger partial charge in [-0.2, -0.15) is 0 Å². The highest BCUT2D eigenvalue weighted by Crippen LogP contribution is 2.29. The molecule has 0 spiro atoms. The lowest BCUT2D eigenvalue weighted by Gasteiger charge is -2.02. The highest BCUT2D eigenvalue weighted by Gasteiger charge is 2.19. The van der Waals surface area contributed by atoms with Gasteiger partial charge in [-0.25, -0.2) is 4.99 Å². The zero-order valence-electron chi connectivity index (χ0n) is 5.99. The minimum Gasteiger partial charge on any atom is -0.386 e. The summed E-state index contributed by atoms with van der Waals surface area (Å²) in [5.74, 6) is 0.506. The van der Waals surface area contributed by atoms with Gasteiger partial charge in [0.15, 0.2) is 0 Å². The van der Waals surface area contributed by atoms with E-state index in [1.165, 1.54) is 0 Å². The molecule has 1 aromatic rings. The summed E-state index contributed by atoms with van der Waals surface area (Å²) >= 11 is 0. The van der Waals surface area contributed by atoms with Crippen molar-refractivity contribution < 1.29 is 0 Å². The molecule has 1 unspecified atom stereocenters. The van der Waals surface area contributed by atoms with E-state index in [9.17, 15) is 0 Å². The molecule has 3 heteroatoms. The van der Waals surface area contributed by atoms with E-state index in [0.29, 0.717) is 5.84 Å². The van der Waals surface area contributed by atoms with Gasteiger partial charge in [0.05, 0.1) is 11.7 Å². The van der Waals surface area contributed by atoms with Gasteiger partial charge >= 0.3 is 0 Å². The van der Waals surface area contributed by atoms with Gasteiger partial charge in [-0.1, -0.05) is 18.2 Å². The van der Waals surface area contributed by atoms with E-state index in [1.807, 2.05) is 24.3 Å². The quantitative estimate of drug-likeness (QED) is 0.567. The second kappa shape index (κ2) is 2.07. The lowest BCUT2D eigenvalue weighted by Crippen LogP contribution is -2.24. The topological polar surface area (TPSA) is 64.4 Å². The maximum atomic E-state index is 5.73. The van der Waals surface area contributed by atoms with Crippen LogP contribution in [0.5, 0.6) is 0 Å². The van der Waals surface area contributed by atoms with Crippen molar-refractivity contribution in [1.82, 2.24) is 0 Å². The zero-order valence-corrected chi connectivity index (χ0v) is 5.99. The van der Waals surface area contributed by atoms with E-state index in [1.54, 1.807) is 0 Å². The van der Waals surface area contributed by atoms with Crippen molar-refractivity contribution in [2.75, 3.05) is 0 Å². The number of fused-ring (bicyclic) bond motifs is 1. The molecule has 0 saturated heterocycles. The molecule has 1 aromatic carbocycles. The van der Waals surface area contributed by atoms with Crippen molar-refractivity contribution in [3.05, 3.63) is 29.8 Å². The first-order valence-corrected chi connectivity index (χ1v) is 3.47. The smallest absolute Gasteiger partial charge is 0.121 e. The average molecular weight is 147 g/mol. The summed E-state index contributed by atoms with van der Waals surface area (Å²) in [6, 6.07) is 7.52. The van der Waals surface area contributed by atoms with Crippen LogP contribution >= 0.6 is 0 Å². The van der Waals surface area contributed by atoms with Crippen LogP contribution in [-0.4, -0.2) is 5.84 Å². The Morgan fingerprint density at radius 2 is 2.00 bits per heavy atom. The van der Waals surface area contributed by atoms with E-state index < -0.39 is 0 Å². The Hall–Kier alpha value is -1.35. The highest BCUT2D eigenvalue weighted by molar-refractivity contribution is 5.94. The van der Waals surface area contributed by atoms with Gasteiger partial charge in [0.1, 0.15) is 5.84 Å². The molecule has 2 rings (SSSR count). The summed E-state index contributed by atoms with van der Waals surface area (Å²) in [6.45, 7) is 0. The van der Waals surface area contributed by atoms with Gasteiger partial charge < -0.3 is 11.5 Å². The molecule has 0 bridgehead atoms. The monoisotopic (exact) mass is 147 g/mol. The summed E-state index contributed by atoms with van der Waals surface area (Å²) in [5.41, 5.74) is 13.2. The largest absolute Gasteiger partial charge is 0.386 e. The van der Waals surface area contributed by atoms with Crippen LogP contribution in [0.1, 0.15) is 11.6 Å². The Morgan fingerprint density at radius 3 is 2.73 bits per heavy atom. The minimum absolute atomic E-state index is 0.203. The Labute approximate surface area is 64.7 Å². The van der Waals surface area contributed by atoms with Crippen LogP contribution in [0.3, 0.4) is 0 Å². The van der Waals surface area contributed by atoms with Crippen LogP contribution in [-0.2, 0) is 0 Å². The molecule has 11 heavy (non-hydrogen) atoms. The predicted octanol–water partition coefficient (Wildman–Crippen LogP) is 0.689. The van der Waals surface area contributed by atoms with E-state index >= 15 is 0 Å². The Bertz CT molecular complexity index is 317. The maximum absolute atomic E-state index is 5.73. The number of hydrogen-bond acceptors (Lipinski definition) is 3.